The number of methoxy groups -OCH3 is 1. The number of hydrogen-bond donors (Lipinski definition) is 2. The Morgan fingerprint density at radius 3 is 2.74 bits per heavy atom. The number of carbonyl (C=O) groups is 1. The molecule has 1 aromatic carbocycles. The van der Waals surface area contributed by atoms with E-state index in [9.17, 15) is 4.79 Å². The van der Waals surface area contributed by atoms with E-state index in [0.717, 1.165) is 30.0 Å². The van der Waals surface area contributed by atoms with Crippen LogP contribution in [0.2, 0.25) is 0 Å². The first-order valence-corrected chi connectivity index (χ1v) is 8.21. The number of ether oxygens (including phenoxy) is 1. The summed E-state index contributed by atoms with van der Waals surface area (Å²) in [6.45, 7) is 6.94. The van der Waals surface area contributed by atoms with Crippen molar-refractivity contribution in [2.45, 2.75) is 39.7 Å². The minimum absolute atomic E-state index is 0. The largest absolute Gasteiger partial charge is 0.496 e. The maximum Gasteiger partial charge on any atom is 0.220 e. The van der Waals surface area contributed by atoms with Gasteiger partial charge in [0.15, 0.2) is 0 Å². The highest BCUT2D eigenvalue weighted by Gasteiger charge is 2.21. The Morgan fingerprint density at radius 2 is 2.09 bits per heavy atom. The first-order chi connectivity index (χ1) is 10.6. The van der Waals surface area contributed by atoms with E-state index in [2.05, 4.69) is 17.6 Å². The summed E-state index contributed by atoms with van der Waals surface area (Å²) in [4.78, 5) is 12.1. The number of hydrogen-bond acceptors (Lipinski definition) is 3. The molecule has 2 N–H and O–H groups in total. The molecule has 0 bridgehead atoms. The van der Waals surface area contributed by atoms with Crippen LogP contribution in [0.5, 0.6) is 5.75 Å². The van der Waals surface area contributed by atoms with E-state index in [1.165, 1.54) is 12.8 Å². The lowest BCUT2D eigenvalue weighted by Crippen LogP contribution is -2.33. The van der Waals surface area contributed by atoms with Gasteiger partial charge in [-0.05, 0) is 61.9 Å². The molecule has 1 fully saturated rings. The Labute approximate surface area is 145 Å². The normalized spacial score (nSPS) is 16.3. The zero-order valence-electron chi connectivity index (χ0n) is 14.4. The lowest BCUT2D eigenvalue weighted by Gasteiger charge is -2.27. The molecule has 4 nitrogen and oxygen atoms in total. The molecule has 0 radical (unpaired) electrons. The highest BCUT2D eigenvalue weighted by atomic mass is 35.5. The van der Waals surface area contributed by atoms with Gasteiger partial charge in [0, 0.05) is 13.0 Å². The van der Waals surface area contributed by atoms with Crippen LogP contribution < -0.4 is 15.4 Å². The molecule has 130 valence electrons. The van der Waals surface area contributed by atoms with Crippen LogP contribution >= 0.6 is 12.4 Å². The molecule has 1 aliphatic rings. The summed E-state index contributed by atoms with van der Waals surface area (Å²) in [5.41, 5.74) is 2.18. The number of benzene rings is 1. The second kappa shape index (κ2) is 9.78. The van der Waals surface area contributed by atoms with Crippen LogP contribution in [0.3, 0.4) is 0 Å². The highest BCUT2D eigenvalue weighted by molar-refractivity contribution is 5.85. The van der Waals surface area contributed by atoms with Crippen LogP contribution in [0, 0.1) is 18.8 Å². The van der Waals surface area contributed by atoms with Gasteiger partial charge in [-0.3, -0.25) is 4.79 Å². The fourth-order valence-electron chi connectivity index (χ4n) is 3.12. The van der Waals surface area contributed by atoms with Crippen molar-refractivity contribution in [3.05, 3.63) is 29.3 Å². The SMILES string of the molecule is COc1cc(CNC(=O)CC(C)C2CCNCC2)ccc1C.Cl. The first kappa shape index (κ1) is 19.8. The van der Waals surface area contributed by atoms with Crippen molar-refractivity contribution in [1.29, 1.82) is 0 Å². The topological polar surface area (TPSA) is 50.4 Å². The van der Waals surface area contributed by atoms with E-state index < -0.39 is 0 Å². The predicted octanol–water partition coefficient (Wildman–Crippen LogP) is 3.07. The standard InChI is InChI=1S/C18H28N2O2.ClH/c1-13-4-5-15(11-17(13)22-3)12-20-18(21)10-14(2)16-6-8-19-9-7-16;/h4-5,11,14,16,19H,6-10,12H2,1-3H3,(H,20,21);1H. The minimum Gasteiger partial charge on any atom is -0.496 e. The van der Waals surface area contributed by atoms with Gasteiger partial charge in [0.25, 0.3) is 0 Å². The second-order valence-electron chi connectivity index (χ2n) is 6.35. The molecule has 1 aliphatic heterocycles. The van der Waals surface area contributed by atoms with E-state index in [-0.39, 0.29) is 18.3 Å². The minimum atomic E-state index is 0. The molecule has 1 amide bonds. The predicted molar refractivity (Wildman–Crippen MR) is 96.2 cm³/mol. The molecule has 1 saturated heterocycles. The molecule has 0 spiro atoms. The lowest BCUT2D eigenvalue weighted by molar-refractivity contribution is -0.122. The summed E-state index contributed by atoms with van der Waals surface area (Å²) in [6.07, 6.45) is 2.99. The molecule has 0 aliphatic carbocycles. The number of nitrogens with one attached hydrogen (secondary N) is 2. The molecule has 0 aromatic heterocycles. The maximum atomic E-state index is 12.1. The first-order valence-electron chi connectivity index (χ1n) is 8.21. The van der Waals surface area contributed by atoms with Crippen molar-refractivity contribution < 1.29 is 9.53 Å². The van der Waals surface area contributed by atoms with Crippen LogP contribution in [0.15, 0.2) is 18.2 Å². The average molecular weight is 341 g/mol. The molecule has 1 aromatic rings. The van der Waals surface area contributed by atoms with Gasteiger partial charge in [0.2, 0.25) is 5.91 Å². The zero-order valence-corrected chi connectivity index (χ0v) is 15.2. The van der Waals surface area contributed by atoms with Crippen molar-refractivity contribution in [2.24, 2.45) is 11.8 Å². The molecule has 1 unspecified atom stereocenters. The third kappa shape index (κ3) is 6.04. The zero-order chi connectivity index (χ0) is 15.9. The van der Waals surface area contributed by atoms with Crippen molar-refractivity contribution >= 4 is 18.3 Å². The Balaban J connectivity index is 0.00000264. The number of halogens is 1. The number of aryl methyl sites for hydroxylation is 1. The molecule has 0 saturated carbocycles. The Bertz CT molecular complexity index is 502. The van der Waals surface area contributed by atoms with Gasteiger partial charge in [-0.15, -0.1) is 12.4 Å². The van der Waals surface area contributed by atoms with Crippen LogP contribution in [-0.4, -0.2) is 26.1 Å². The molecule has 2 rings (SSSR count). The van der Waals surface area contributed by atoms with E-state index in [1.807, 2.05) is 25.1 Å². The number of carbonyl (C=O) groups excluding carboxylic acids is 1. The number of amides is 1. The molecule has 23 heavy (non-hydrogen) atoms. The van der Waals surface area contributed by atoms with Gasteiger partial charge in [0.1, 0.15) is 5.75 Å². The quantitative estimate of drug-likeness (QED) is 0.836. The van der Waals surface area contributed by atoms with Crippen LogP contribution in [0.1, 0.15) is 37.3 Å². The van der Waals surface area contributed by atoms with Gasteiger partial charge in [-0.25, -0.2) is 0 Å². The van der Waals surface area contributed by atoms with Crippen molar-refractivity contribution in [2.75, 3.05) is 20.2 Å². The fraction of sp³-hybridized carbons (Fsp3) is 0.611. The van der Waals surface area contributed by atoms with Crippen molar-refractivity contribution in [1.82, 2.24) is 10.6 Å². The van der Waals surface area contributed by atoms with Gasteiger partial charge in [0.05, 0.1) is 7.11 Å². The van der Waals surface area contributed by atoms with Gasteiger partial charge in [-0.2, -0.15) is 0 Å². The fourth-order valence-corrected chi connectivity index (χ4v) is 3.12. The van der Waals surface area contributed by atoms with E-state index >= 15 is 0 Å². The van der Waals surface area contributed by atoms with E-state index in [0.29, 0.717) is 24.8 Å². The number of piperidine rings is 1. The Kier molecular flexibility index (Phi) is 8.42. The monoisotopic (exact) mass is 340 g/mol. The molecular formula is C18H29ClN2O2. The molecule has 1 atom stereocenters. The van der Waals surface area contributed by atoms with E-state index in [1.54, 1.807) is 7.11 Å². The van der Waals surface area contributed by atoms with Crippen molar-refractivity contribution in [3.63, 3.8) is 0 Å². The summed E-state index contributed by atoms with van der Waals surface area (Å²) in [6, 6.07) is 6.05. The third-order valence-electron chi connectivity index (χ3n) is 4.66. The van der Waals surface area contributed by atoms with Crippen LogP contribution in [0.4, 0.5) is 0 Å². The average Bonchev–Trinajstić information content (AvgIpc) is 2.55. The summed E-state index contributed by atoms with van der Waals surface area (Å²) in [7, 11) is 1.67. The summed E-state index contributed by atoms with van der Waals surface area (Å²) < 4.78 is 5.32. The lowest BCUT2D eigenvalue weighted by atomic mass is 9.84. The number of rotatable bonds is 6. The van der Waals surface area contributed by atoms with Gasteiger partial charge in [-0.1, -0.05) is 19.1 Å². The second-order valence-corrected chi connectivity index (χ2v) is 6.35. The maximum absolute atomic E-state index is 12.1. The molecular weight excluding hydrogens is 312 g/mol. The summed E-state index contributed by atoms with van der Waals surface area (Å²) >= 11 is 0. The van der Waals surface area contributed by atoms with Crippen molar-refractivity contribution in [3.8, 4) is 5.75 Å². The molecule has 5 heteroatoms. The van der Waals surface area contributed by atoms with E-state index in [4.69, 9.17) is 4.74 Å². The highest BCUT2D eigenvalue weighted by Crippen LogP contribution is 2.24. The van der Waals surface area contributed by atoms with Crippen LogP contribution in [0.25, 0.3) is 0 Å². The third-order valence-corrected chi connectivity index (χ3v) is 4.66. The van der Waals surface area contributed by atoms with Crippen LogP contribution in [-0.2, 0) is 11.3 Å². The van der Waals surface area contributed by atoms with Gasteiger partial charge < -0.3 is 15.4 Å². The van der Waals surface area contributed by atoms with Gasteiger partial charge >= 0.3 is 0 Å². The summed E-state index contributed by atoms with van der Waals surface area (Å²) in [5.74, 6) is 2.14. The molecule has 1 heterocycles. The summed E-state index contributed by atoms with van der Waals surface area (Å²) in [5, 5.41) is 6.40. The Morgan fingerprint density at radius 1 is 1.39 bits per heavy atom. The smallest absolute Gasteiger partial charge is 0.220 e. The Hall–Kier alpha value is -1.26.